The molecule has 22 heavy (non-hydrogen) atoms. The van der Waals surface area contributed by atoms with Crippen LogP contribution in [0, 0.1) is 5.92 Å². The highest BCUT2D eigenvalue weighted by Gasteiger charge is 2.27. The summed E-state index contributed by atoms with van der Waals surface area (Å²) < 4.78 is 25.8. The van der Waals surface area contributed by atoms with Gasteiger partial charge in [-0.1, -0.05) is 0 Å². The molecule has 1 fully saturated rings. The molecule has 3 rings (SSSR count). The number of halogens is 2. The molecule has 5 nitrogen and oxygen atoms in total. The second kappa shape index (κ2) is 6.00. The molecule has 0 saturated carbocycles. The first-order valence-corrected chi connectivity index (χ1v) is 7.25. The second-order valence-electron chi connectivity index (χ2n) is 5.68. The fraction of sp³-hybridized carbons (Fsp3) is 0.467. The number of piperidine rings is 1. The summed E-state index contributed by atoms with van der Waals surface area (Å²) in [5.74, 6) is -1.69. The highest BCUT2D eigenvalue weighted by molar-refractivity contribution is 5.90. The lowest BCUT2D eigenvalue weighted by Crippen LogP contribution is -2.37. The standard InChI is InChI=1S/C15H17F2N3O2/c16-14(17)9-2-1-5-20(7-9)8-10-6-12(15(21)22)19-11-3-4-18-13(10)11/h3-4,6,9,14,18H,1-2,5,7-8H2,(H,21,22). The van der Waals surface area contributed by atoms with E-state index in [1.807, 2.05) is 4.90 Å². The number of alkyl halides is 2. The number of aromatic amines is 1. The van der Waals surface area contributed by atoms with E-state index in [1.165, 1.54) is 6.07 Å². The zero-order chi connectivity index (χ0) is 15.7. The highest BCUT2D eigenvalue weighted by Crippen LogP contribution is 2.25. The lowest BCUT2D eigenvalue weighted by atomic mass is 9.98. The summed E-state index contributed by atoms with van der Waals surface area (Å²) in [4.78, 5) is 20.2. The predicted molar refractivity (Wildman–Crippen MR) is 77.1 cm³/mol. The van der Waals surface area contributed by atoms with Crippen molar-refractivity contribution < 1.29 is 18.7 Å². The fourth-order valence-corrected chi connectivity index (χ4v) is 3.03. The van der Waals surface area contributed by atoms with Gasteiger partial charge in [-0.3, -0.25) is 4.90 Å². The Morgan fingerprint density at radius 1 is 1.55 bits per heavy atom. The van der Waals surface area contributed by atoms with Gasteiger partial charge in [0.25, 0.3) is 0 Å². The molecule has 1 atom stereocenters. The van der Waals surface area contributed by atoms with E-state index >= 15 is 0 Å². The van der Waals surface area contributed by atoms with Gasteiger partial charge >= 0.3 is 5.97 Å². The summed E-state index contributed by atoms with van der Waals surface area (Å²) in [7, 11) is 0. The van der Waals surface area contributed by atoms with Crippen LogP contribution in [0.15, 0.2) is 18.3 Å². The molecule has 3 heterocycles. The lowest BCUT2D eigenvalue weighted by Gasteiger charge is -2.32. The Morgan fingerprint density at radius 2 is 2.36 bits per heavy atom. The molecule has 1 aliphatic rings. The van der Waals surface area contributed by atoms with Gasteiger partial charge < -0.3 is 10.1 Å². The Bertz CT molecular complexity index is 686. The number of carbonyl (C=O) groups is 1. The van der Waals surface area contributed by atoms with Crippen molar-refractivity contribution in [2.45, 2.75) is 25.8 Å². The van der Waals surface area contributed by atoms with Crippen LogP contribution in [0.4, 0.5) is 8.78 Å². The predicted octanol–water partition coefficient (Wildman–Crippen LogP) is 2.74. The lowest BCUT2D eigenvalue weighted by molar-refractivity contribution is 0.0254. The van der Waals surface area contributed by atoms with E-state index in [0.29, 0.717) is 25.0 Å². The highest BCUT2D eigenvalue weighted by atomic mass is 19.3. The Kier molecular flexibility index (Phi) is 4.06. The number of carboxylic acids is 1. The van der Waals surface area contributed by atoms with Crippen molar-refractivity contribution >= 4 is 17.0 Å². The third kappa shape index (κ3) is 2.94. The molecule has 2 aromatic rings. The monoisotopic (exact) mass is 309 g/mol. The molecule has 0 radical (unpaired) electrons. The second-order valence-corrected chi connectivity index (χ2v) is 5.68. The number of hydrogen-bond donors (Lipinski definition) is 2. The molecular formula is C15H17F2N3O2. The maximum Gasteiger partial charge on any atom is 0.354 e. The van der Waals surface area contributed by atoms with Crippen LogP contribution in [-0.4, -0.2) is 45.5 Å². The summed E-state index contributed by atoms with van der Waals surface area (Å²) >= 11 is 0. The van der Waals surface area contributed by atoms with Crippen LogP contribution in [0.25, 0.3) is 11.0 Å². The van der Waals surface area contributed by atoms with Gasteiger partial charge in [0.05, 0.1) is 11.0 Å². The number of pyridine rings is 1. The number of nitrogens with zero attached hydrogens (tertiary/aromatic N) is 2. The van der Waals surface area contributed by atoms with Gasteiger partial charge in [0, 0.05) is 25.2 Å². The molecule has 2 N–H and O–H groups in total. The molecule has 0 aliphatic carbocycles. The molecule has 0 amide bonds. The number of rotatable bonds is 4. The van der Waals surface area contributed by atoms with Gasteiger partial charge in [-0.05, 0) is 37.1 Å². The molecule has 1 aliphatic heterocycles. The maximum atomic E-state index is 12.9. The van der Waals surface area contributed by atoms with Crippen molar-refractivity contribution in [3.05, 3.63) is 29.6 Å². The maximum absolute atomic E-state index is 12.9. The Morgan fingerprint density at radius 3 is 3.09 bits per heavy atom. The largest absolute Gasteiger partial charge is 0.477 e. The number of H-pyrrole nitrogens is 1. The molecule has 0 bridgehead atoms. The quantitative estimate of drug-likeness (QED) is 0.911. The average Bonchev–Trinajstić information content (AvgIpc) is 2.96. The Balaban J connectivity index is 1.86. The van der Waals surface area contributed by atoms with Crippen molar-refractivity contribution in [2.24, 2.45) is 5.92 Å². The van der Waals surface area contributed by atoms with Crippen LogP contribution in [0.3, 0.4) is 0 Å². The van der Waals surface area contributed by atoms with Crippen molar-refractivity contribution in [3.8, 4) is 0 Å². The summed E-state index contributed by atoms with van der Waals surface area (Å²) in [6.07, 6.45) is 0.674. The Hall–Kier alpha value is -2.02. The van der Waals surface area contributed by atoms with E-state index in [4.69, 9.17) is 5.11 Å². The van der Waals surface area contributed by atoms with Gasteiger partial charge in [-0.15, -0.1) is 0 Å². The van der Waals surface area contributed by atoms with Gasteiger partial charge in [-0.25, -0.2) is 18.6 Å². The van der Waals surface area contributed by atoms with E-state index < -0.39 is 18.3 Å². The first-order chi connectivity index (χ1) is 10.5. The van der Waals surface area contributed by atoms with Crippen molar-refractivity contribution in [1.29, 1.82) is 0 Å². The third-order valence-corrected chi connectivity index (χ3v) is 4.11. The van der Waals surface area contributed by atoms with Crippen LogP contribution in [-0.2, 0) is 6.54 Å². The summed E-state index contributed by atoms with van der Waals surface area (Å²) in [6, 6.07) is 3.23. The van der Waals surface area contributed by atoms with Crippen LogP contribution < -0.4 is 0 Å². The molecule has 0 aromatic carbocycles. The van der Waals surface area contributed by atoms with Crippen molar-refractivity contribution in [2.75, 3.05) is 13.1 Å². The van der Waals surface area contributed by atoms with E-state index in [-0.39, 0.29) is 5.69 Å². The van der Waals surface area contributed by atoms with E-state index in [9.17, 15) is 13.6 Å². The van der Waals surface area contributed by atoms with E-state index in [0.717, 1.165) is 24.0 Å². The van der Waals surface area contributed by atoms with Crippen LogP contribution in [0.2, 0.25) is 0 Å². The van der Waals surface area contributed by atoms with Crippen LogP contribution in [0.5, 0.6) is 0 Å². The van der Waals surface area contributed by atoms with Gasteiger partial charge in [0.2, 0.25) is 6.43 Å². The molecular weight excluding hydrogens is 292 g/mol. The number of aromatic nitrogens is 2. The Labute approximate surface area is 126 Å². The zero-order valence-electron chi connectivity index (χ0n) is 11.9. The molecule has 7 heteroatoms. The molecule has 1 unspecified atom stereocenters. The third-order valence-electron chi connectivity index (χ3n) is 4.11. The summed E-state index contributed by atoms with van der Waals surface area (Å²) in [5, 5.41) is 9.14. The molecule has 0 spiro atoms. The number of hydrogen-bond acceptors (Lipinski definition) is 3. The minimum absolute atomic E-state index is 0.0236. The number of nitrogens with one attached hydrogen (secondary N) is 1. The van der Waals surface area contributed by atoms with Gasteiger partial charge in [0.1, 0.15) is 5.69 Å². The van der Waals surface area contributed by atoms with Crippen molar-refractivity contribution in [1.82, 2.24) is 14.9 Å². The van der Waals surface area contributed by atoms with Crippen LogP contribution in [0.1, 0.15) is 28.9 Å². The molecule has 118 valence electrons. The van der Waals surface area contributed by atoms with Gasteiger partial charge in [-0.2, -0.15) is 0 Å². The summed E-state index contributed by atoms with van der Waals surface area (Å²) in [5.41, 5.74) is 2.10. The minimum atomic E-state index is -2.31. The van der Waals surface area contributed by atoms with Crippen molar-refractivity contribution in [3.63, 3.8) is 0 Å². The number of aromatic carboxylic acids is 1. The number of carboxylic acid groups (broad SMARTS) is 1. The molecule has 1 saturated heterocycles. The summed E-state index contributed by atoms with van der Waals surface area (Å²) in [6.45, 7) is 1.53. The molecule has 2 aromatic heterocycles. The first kappa shape index (κ1) is 14.9. The average molecular weight is 309 g/mol. The smallest absolute Gasteiger partial charge is 0.354 e. The zero-order valence-corrected chi connectivity index (χ0v) is 11.9. The SMILES string of the molecule is O=C(O)c1cc(CN2CCCC(C(F)F)C2)c2[nH]ccc2n1. The van der Waals surface area contributed by atoms with Gasteiger partial charge in [0.15, 0.2) is 0 Å². The first-order valence-electron chi connectivity index (χ1n) is 7.25. The van der Waals surface area contributed by atoms with Crippen LogP contribution >= 0.6 is 0 Å². The topological polar surface area (TPSA) is 69.2 Å². The fourth-order valence-electron chi connectivity index (χ4n) is 3.03. The number of likely N-dealkylation sites (tertiary alicyclic amines) is 1. The normalized spacial score (nSPS) is 19.9. The van der Waals surface area contributed by atoms with E-state index in [1.54, 1.807) is 12.3 Å². The minimum Gasteiger partial charge on any atom is -0.477 e. The number of fused-ring (bicyclic) bond motifs is 1. The van der Waals surface area contributed by atoms with E-state index in [2.05, 4.69) is 9.97 Å².